The topological polar surface area (TPSA) is 101 Å². The van der Waals surface area contributed by atoms with Gasteiger partial charge in [0.2, 0.25) is 0 Å². The number of rotatable bonds is 7. The Hall–Kier alpha value is -5.37. The number of amides is 3. The second-order valence-corrected chi connectivity index (χ2v) is 9.59. The SMILES string of the molecule is O=C1c2cccc3cccc(c23)C(=O)N1CCCN(C(=O)c1cccc([N+](=O)[O-])c1)c1cccc2ccccc12. The molecular formula is C32H23N3O5. The number of carbonyl (C=O) groups is 3. The van der Waals surface area contributed by atoms with Crippen molar-refractivity contribution >= 4 is 50.6 Å². The molecule has 8 nitrogen and oxygen atoms in total. The zero-order chi connectivity index (χ0) is 27.8. The molecule has 0 radical (unpaired) electrons. The third-order valence-corrected chi connectivity index (χ3v) is 7.23. The van der Waals surface area contributed by atoms with Crippen molar-refractivity contribution in [2.45, 2.75) is 6.42 Å². The number of nitro groups is 1. The lowest BCUT2D eigenvalue weighted by Gasteiger charge is -2.29. The summed E-state index contributed by atoms with van der Waals surface area (Å²) in [6, 6.07) is 29.7. The molecule has 0 unspecified atom stereocenters. The van der Waals surface area contributed by atoms with Crippen LogP contribution < -0.4 is 4.90 Å². The van der Waals surface area contributed by atoms with Gasteiger partial charge in [-0.1, -0.05) is 66.7 Å². The summed E-state index contributed by atoms with van der Waals surface area (Å²) in [6.45, 7) is 0.282. The Labute approximate surface area is 229 Å². The number of benzene rings is 5. The van der Waals surface area contributed by atoms with Crippen molar-refractivity contribution in [1.82, 2.24) is 4.90 Å². The molecule has 1 aliphatic heterocycles. The zero-order valence-electron chi connectivity index (χ0n) is 21.3. The predicted molar refractivity (Wildman–Crippen MR) is 153 cm³/mol. The van der Waals surface area contributed by atoms with Crippen LogP contribution in [0.25, 0.3) is 21.5 Å². The molecule has 0 saturated heterocycles. The molecule has 0 saturated carbocycles. The Kier molecular flexibility index (Phi) is 6.28. The van der Waals surface area contributed by atoms with E-state index in [-0.39, 0.29) is 36.2 Å². The van der Waals surface area contributed by atoms with Crippen molar-refractivity contribution < 1.29 is 19.3 Å². The van der Waals surface area contributed by atoms with Crippen LogP contribution in [-0.4, -0.2) is 40.6 Å². The molecule has 0 bridgehead atoms. The molecule has 1 heterocycles. The van der Waals surface area contributed by atoms with Gasteiger partial charge in [0, 0.05) is 52.7 Å². The number of non-ortho nitro benzene ring substituents is 1. The van der Waals surface area contributed by atoms with Crippen LogP contribution in [0.1, 0.15) is 37.5 Å². The lowest BCUT2D eigenvalue weighted by molar-refractivity contribution is -0.384. The van der Waals surface area contributed by atoms with Gasteiger partial charge in [0.15, 0.2) is 0 Å². The molecule has 6 rings (SSSR count). The molecule has 0 spiro atoms. The molecule has 5 aromatic carbocycles. The summed E-state index contributed by atoms with van der Waals surface area (Å²) in [6.07, 6.45) is 0.305. The smallest absolute Gasteiger partial charge is 0.270 e. The van der Waals surface area contributed by atoms with Crippen molar-refractivity contribution in [2.24, 2.45) is 0 Å². The molecule has 196 valence electrons. The first-order chi connectivity index (χ1) is 19.4. The number of carbonyl (C=O) groups excluding carboxylic acids is 3. The van der Waals surface area contributed by atoms with Gasteiger partial charge < -0.3 is 4.90 Å². The van der Waals surface area contributed by atoms with Crippen LogP contribution in [0.4, 0.5) is 11.4 Å². The number of imide groups is 1. The largest absolute Gasteiger partial charge is 0.308 e. The van der Waals surface area contributed by atoms with Gasteiger partial charge in [0.1, 0.15) is 0 Å². The standard InChI is InChI=1S/C32H23N3O5/c36-30(23-12-3-13-24(20-23)35(39)40)33(28-17-6-9-21-8-1-2-14-25(21)28)18-7-19-34-31(37)26-15-4-10-22-11-5-16-27(29(22)26)32(34)38/h1-6,8-17,20H,7,18-19H2. The first-order valence-electron chi connectivity index (χ1n) is 12.9. The van der Waals surface area contributed by atoms with Gasteiger partial charge in [-0.3, -0.25) is 29.4 Å². The van der Waals surface area contributed by atoms with Gasteiger partial charge in [-0.05, 0) is 41.5 Å². The third kappa shape index (κ3) is 4.25. The van der Waals surface area contributed by atoms with Crippen molar-refractivity contribution in [2.75, 3.05) is 18.0 Å². The van der Waals surface area contributed by atoms with E-state index in [0.717, 1.165) is 16.2 Å². The third-order valence-electron chi connectivity index (χ3n) is 7.23. The number of anilines is 1. The van der Waals surface area contributed by atoms with Gasteiger partial charge in [-0.25, -0.2) is 0 Å². The molecular weight excluding hydrogens is 506 g/mol. The van der Waals surface area contributed by atoms with Crippen molar-refractivity contribution in [3.05, 3.63) is 130 Å². The van der Waals surface area contributed by atoms with Gasteiger partial charge >= 0.3 is 0 Å². The normalized spacial score (nSPS) is 12.7. The Morgan fingerprint density at radius 3 is 2.12 bits per heavy atom. The Morgan fingerprint density at radius 1 is 0.775 bits per heavy atom. The summed E-state index contributed by atoms with van der Waals surface area (Å²) >= 11 is 0. The van der Waals surface area contributed by atoms with E-state index in [1.165, 1.54) is 23.1 Å². The number of nitrogens with zero attached hydrogens (tertiary/aromatic N) is 3. The minimum absolute atomic E-state index is 0.103. The van der Waals surface area contributed by atoms with Gasteiger partial charge in [0.25, 0.3) is 23.4 Å². The maximum atomic E-state index is 13.8. The summed E-state index contributed by atoms with van der Waals surface area (Å²) < 4.78 is 0. The second kappa shape index (κ2) is 10.1. The van der Waals surface area contributed by atoms with E-state index in [4.69, 9.17) is 0 Å². The number of fused-ring (bicyclic) bond motifs is 1. The van der Waals surface area contributed by atoms with Gasteiger partial charge in [-0.15, -0.1) is 0 Å². The average Bonchev–Trinajstić information content (AvgIpc) is 2.99. The molecule has 0 aliphatic carbocycles. The van der Waals surface area contributed by atoms with E-state index >= 15 is 0 Å². The molecule has 0 N–H and O–H groups in total. The maximum absolute atomic E-state index is 13.8. The van der Waals surface area contributed by atoms with Crippen LogP contribution in [0.15, 0.2) is 103 Å². The van der Waals surface area contributed by atoms with E-state index in [2.05, 4.69) is 0 Å². The fourth-order valence-electron chi connectivity index (χ4n) is 5.35. The molecule has 5 aromatic rings. The molecule has 1 aliphatic rings. The van der Waals surface area contributed by atoms with Crippen LogP contribution >= 0.6 is 0 Å². The van der Waals surface area contributed by atoms with Crippen molar-refractivity contribution in [3.63, 3.8) is 0 Å². The molecule has 40 heavy (non-hydrogen) atoms. The van der Waals surface area contributed by atoms with Crippen LogP contribution in [0.2, 0.25) is 0 Å². The minimum atomic E-state index is -0.537. The van der Waals surface area contributed by atoms with Gasteiger partial charge in [-0.2, -0.15) is 0 Å². The Bertz CT molecular complexity index is 1790. The van der Waals surface area contributed by atoms with Crippen LogP contribution in [0, 0.1) is 10.1 Å². The van der Waals surface area contributed by atoms with E-state index in [1.54, 1.807) is 35.2 Å². The highest BCUT2D eigenvalue weighted by molar-refractivity contribution is 6.25. The van der Waals surface area contributed by atoms with Gasteiger partial charge in [0.05, 0.1) is 10.6 Å². The lowest BCUT2D eigenvalue weighted by Crippen LogP contribution is -2.42. The van der Waals surface area contributed by atoms with E-state index in [9.17, 15) is 24.5 Å². The number of hydrogen-bond acceptors (Lipinski definition) is 5. The quantitative estimate of drug-likeness (QED) is 0.141. The summed E-state index contributed by atoms with van der Waals surface area (Å²) in [5, 5.41) is 14.6. The highest BCUT2D eigenvalue weighted by Gasteiger charge is 2.32. The van der Waals surface area contributed by atoms with Crippen LogP contribution in [0.5, 0.6) is 0 Å². The molecule has 3 amide bonds. The Balaban J connectivity index is 1.32. The summed E-state index contributed by atoms with van der Waals surface area (Å²) in [4.78, 5) is 54.1. The first kappa shape index (κ1) is 24.9. The van der Waals surface area contributed by atoms with Crippen molar-refractivity contribution in [1.29, 1.82) is 0 Å². The number of hydrogen-bond donors (Lipinski definition) is 0. The van der Waals surface area contributed by atoms with E-state index < -0.39 is 10.8 Å². The predicted octanol–water partition coefficient (Wildman–Crippen LogP) is 6.23. The Morgan fingerprint density at radius 2 is 1.40 bits per heavy atom. The fourth-order valence-corrected chi connectivity index (χ4v) is 5.35. The van der Waals surface area contributed by atoms with Crippen LogP contribution in [-0.2, 0) is 0 Å². The highest BCUT2D eigenvalue weighted by atomic mass is 16.6. The monoisotopic (exact) mass is 529 g/mol. The van der Waals surface area contributed by atoms with Crippen molar-refractivity contribution in [3.8, 4) is 0 Å². The van der Waals surface area contributed by atoms with E-state index in [0.29, 0.717) is 28.6 Å². The maximum Gasteiger partial charge on any atom is 0.270 e. The number of nitro benzene ring substituents is 1. The first-order valence-corrected chi connectivity index (χ1v) is 12.9. The second-order valence-electron chi connectivity index (χ2n) is 9.59. The lowest BCUT2D eigenvalue weighted by atomic mass is 9.94. The molecule has 0 aromatic heterocycles. The fraction of sp³-hybridized carbons (Fsp3) is 0.0938. The molecule has 0 fully saturated rings. The summed E-state index contributed by atoms with van der Waals surface area (Å²) in [7, 11) is 0. The zero-order valence-corrected chi connectivity index (χ0v) is 21.3. The van der Waals surface area contributed by atoms with E-state index in [1.807, 2.05) is 54.6 Å². The molecule has 0 atom stereocenters. The average molecular weight is 530 g/mol. The van der Waals surface area contributed by atoms with Crippen LogP contribution in [0.3, 0.4) is 0 Å². The summed E-state index contributed by atoms with van der Waals surface area (Å²) in [5.41, 5.74) is 1.59. The summed E-state index contributed by atoms with van der Waals surface area (Å²) in [5.74, 6) is -1.14. The highest BCUT2D eigenvalue weighted by Crippen LogP contribution is 2.31. The molecule has 8 heteroatoms. The minimum Gasteiger partial charge on any atom is -0.308 e.